The Balaban J connectivity index is 2.12. The fourth-order valence-electron chi connectivity index (χ4n) is 1.58. The summed E-state index contributed by atoms with van der Waals surface area (Å²) in [5, 5.41) is 0. The summed E-state index contributed by atoms with van der Waals surface area (Å²) in [6.07, 6.45) is 3.12. The summed E-state index contributed by atoms with van der Waals surface area (Å²) in [6, 6.07) is 6.11. The summed E-state index contributed by atoms with van der Waals surface area (Å²) in [5.41, 5.74) is 1.21. The predicted octanol–water partition coefficient (Wildman–Crippen LogP) is 3.45. The van der Waals surface area contributed by atoms with Crippen LogP contribution >= 0.6 is 15.9 Å². The largest absolute Gasteiger partial charge is 0.472 e. The van der Waals surface area contributed by atoms with E-state index in [0.717, 1.165) is 5.56 Å². The quantitative estimate of drug-likeness (QED) is 0.870. The van der Waals surface area contributed by atoms with E-state index < -0.39 is 5.82 Å². The van der Waals surface area contributed by atoms with Crippen LogP contribution in [0.15, 0.2) is 45.7 Å². The fraction of sp³-hybridized carbons (Fsp3) is 0.154. The molecule has 0 saturated carbocycles. The maximum absolute atomic E-state index is 13.3. The molecule has 18 heavy (non-hydrogen) atoms. The average molecular weight is 312 g/mol. The van der Waals surface area contributed by atoms with Crippen molar-refractivity contribution < 1.29 is 13.6 Å². The molecule has 0 atom stereocenters. The highest BCUT2D eigenvalue weighted by Crippen LogP contribution is 2.17. The van der Waals surface area contributed by atoms with E-state index in [2.05, 4.69) is 15.9 Å². The van der Waals surface area contributed by atoms with E-state index in [1.54, 1.807) is 31.7 Å². The standard InChI is InChI=1S/C13H11BrFNO2/c1-16(7-9-4-5-18-8-9)13(17)10-2-3-11(14)12(15)6-10/h2-6,8H,7H2,1H3. The number of furan rings is 1. The van der Waals surface area contributed by atoms with Crippen LogP contribution in [0, 0.1) is 5.82 Å². The number of benzene rings is 1. The fourth-order valence-corrected chi connectivity index (χ4v) is 1.82. The summed E-state index contributed by atoms with van der Waals surface area (Å²) in [6.45, 7) is 0.424. The van der Waals surface area contributed by atoms with E-state index in [4.69, 9.17) is 4.42 Å². The van der Waals surface area contributed by atoms with Gasteiger partial charge in [-0.3, -0.25) is 4.79 Å². The van der Waals surface area contributed by atoms with Gasteiger partial charge in [0.25, 0.3) is 5.91 Å². The molecule has 0 unspecified atom stereocenters. The molecule has 0 spiro atoms. The summed E-state index contributed by atoms with van der Waals surface area (Å²) in [4.78, 5) is 13.6. The maximum Gasteiger partial charge on any atom is 0.254 e. The molecular weight excluding hydrogens is 301 g/mol. The highest BCUT2D eigenvalue weighted by Gasteiger charge is 2.14. The number of carbonyl (C=O) groups excluding carboxylic acids is 1. The van der Waals surface area contributed by atoms with Crippen LogP contribution in [0.2, 0.25) is 0 Å². The van der Waals surface area contributed by atoms with Crippen LogP contribution in [0.25, 0.3) is 0 Å². The summed E-state index contributed by atoms with van der Waals surface area (Å²) in [5.74, 6) is -0.680. The van der Waals surface area contributed by atoms with Gasteiger partial charge in [0.05, 0.1) is 17.0 Å². The summed E-state index contributed by atoms with van der Waals surface area (Å²) >= 11 is 3.05. The predicted molar refractivity (Wildman–Crippen MR) is 68.6 cm³/mol. The van der Waals surface area contributed by atoms with Crippen LogP contribution < -0.4 is 0 Å². The first-order valence-corrected chi connectivity index (χ1v) is 6.09. The smallest absolute Gasteiger partial charge is 0.254 e. The first-order valence-electron chi connectivity index (χ1n) is 5.29. The second kappa shape index (κ2) is 5.35. The molecule has 3 nitrogen and oxygen atoms in total. The molecule has 2 rings (SSSR count). The van der Waals surface area contributed by atoms with Crippen molar-refractivity contribution >= 4 is 21.8 Å². The molecule has 2 aromatic rings. The van der Waals surface area contributed by atoms with E-state index in [9.17, 15) is 9.18 Å². The lowest BCUT2D eigenvalue weighted by Crippen LogP contribution is -2.26. The molecule has 0 N–H and O–H groups in total. The zero-order valence-electron chi connectivity index (χ0n) is 9.69. The van der Waals surface area contributed by atoms with E-state index in [-0.39, 0.29) is 5.91 Å². The van der Waals surface area contributed by atoms with Crippen molar-refractivity contribution in [2.45, 2.75) is 6.54 Å². The van der Waals surface area contributed by atoms with Crippen LogP contribution in [0.4, 0.5) is 4.39 Å². The van der Waals surface area contributed by atoms with E-state index in [1.807, 2.05) is 0 Å². The molecule has 0 aliphatic rings. The number of hydrogen-bond donors (Lipinski definition) is 0. The van der Waals surface area contributed by atoms with Gasteiger partial charge in [0.2, 0.25) is 0 Å². The summed E-state index contributed by atoms with van der Waals surface area (Å²) < 4.78 is 18.6. The Morgan fingerprint density at radius 2 is 2.22 bits per heavy atom. The number of hydrogen-bond acceptors (Lipinski definition) is 2. The van der Waals surface area contributed by atoms with Gasteiger partial charge in [-0.05, 0) is 40.2 Å². The van der Waals surface area contributed by atoms with Gasteiger partial charge in [0, 0.05) is 24.7 Å². The van der Waals surface area contributed by atoms with Crippen molar-refractivity contribution in [1.82, 2.24) is 4.90 Å². The number of halogens is 2. The van der Waals surface area contributed by atoms with Gasteiger partial charge in [-0.2, -0.15) is 0 Å². The van der Waals surface area contributed by atoms with E-state index >= 15 is 0 Å². The van der Waals surface area contributed by atoms with Gasteiger partial charge in [-0.15, -0.1) is 0 Å². The number of nitrogens with zero attached hydrogens (tertiary/aromatic N) is 1. The zero-order valence-corrected chi connectivity index (χ0v) is 11.3. The van der Waals surface area contributed by atoms with Gasteiger partial charge >= 0.3 is 0 Å². The van der Waals surface area contributed by atoms with Gasteiger partial charge in [-0.25, -0.2) is 4.39 Å². The molecule has 0 aliphatic carbocycles. The second-order valence-electron chi connectivity index (χ2n) is 3.92. The maximum atomic E-state index is 13.3. The van der Waals surface area contributed by atoms with Crippen LogP contribution in [0.3, 0.4) is 0 Å². The Hall–Kier alpha value is -1.62. The topological polar surface area (TPSA) is 33.5 Å². The minimum absolute atomic E-state index is 0.234. The lowest BCUT2D eigenvalue weighted by Gasteiger charge is -2.16. The molecule has 1 aromatic heterocycles. The average Bonchev–Trinajstić information content (AvgIpc) is 2.84. The van der Waals surface area contributed by atoms with Crippen LogP contribution in [-0.2, 0) is 6.54 Å². The summed E-state index contributed by atoms with van der Waals surface area (Å²) in [7, 11) is 1.66. The Kier molecular flexibility index (Phi) is 3.81. The van der Waals surface area contributed by atoms with Gasteiger partial charge < -0.3 is 9.32 Å². The molecule has 1 aromatic carbocycles. The first kappa shape index (κ1) is 12.8. The lowest BCUT2D eigenvalue weighted by molar-refractivity contribution is 0.0784. The third kappa shape index (κ3) is 2.79. The van der Waals surface area contributed by atoms with Crippen LogP contribution in [0.5, 0.6) is 0 Å². The minimum atomic E-state index is -0.447. The molecule has 1 heterocycles. The monoisotopic (exact) mass is 311 g/mol. The molecule has 0 aliphatic heterocycles. The third-order valence-corrected chi connectivity index (χ3v) is 3.16. The van der Waals surface area contributed by atoms with Crippen molar-refractivity contribution in [3.63, 3.8) is 0 Å². The molecule has 1 amide bonds. The minimum Gasteiger partial charge on any atom is -0.472 e. The normalized spacial score (nSPS) is 10.4. The third-order valence-electron chi connectivity index (χ3n) is 2.51. The lowest BCUT2D eigenvalue weighted by atomic mass is 10.2. The highest BCUT2D eigenvalue weighted by molar-refractivity contribution is 9.10. The van der Waals surface area contributed by atoms with Crippen molar-refractivity contribution in [3.8, 4) is 0 Å². The van der Waals surface area contributed by atoms with E-state index in [1.165, 1.54) is 17.0 Å². The van der Waals surface area contributed by atoms with Gasteiger partial charge in [0.15, 0.2) is 0 Å². The molecule has 0 bridgehead atoms. The highest BCUT2D eigenvalue weighted by atomic mass is 79.9. The van der Waals surface area contributed by atoms with Gasteiger partial charge in [0.1, 0.15) is 5.82 Å². The van der Waals surface area contributed by atoms with Crippen molar-refractivity contribution in [1.29, 1.82) is 0 Å². The molecule has 94 valence electrons. The van der Waals surface area contributed by atoms with Crippen LogP contribution in [0.1, 0.15) is 15.9 Å². The number of rotatable bonds is 3. The Labute approximate surface area is 112 Å². The molecule has 5 heteroatoms. The molecular formula is C13H11BrFNO2. The zero-order chi connectivity index (χ0) is 13.1. The Morgan fingerprint density at radius 1 is 1.44 bits per heavy atom. The van der Waals surface area contributed by atoms with Crippen molar-refractivity contribution in [2.75, 3.05) is 7.05 Å². The second-order valence-corrected chi connectivity index (χ2v) is 4.78. The molecule has 0 radical (unpaired) electrons. The van der Waals surface area contributed by atoms with E-state index in [0.29, 0.717) is 16.6 Å². The SMILES string of the molecule is CN(Cc1ccoc1)C(=O)c1ccc(Br)c(F)c1. The van der Waals surface area contributed by atoms with Crippen molar-refractivity contribution in [3.05, 3.63) is 58.2 Å². The van der Waals surface area contributed by atoms with Gasteiger partial charge in [-0.1, -0.05) is 0 Å². The first-order chi connectivity index (χ1) is 8.58. The Bertz CT molecular complexity index is 554. The van der Waals surface area contributed by atoms with Crippen LogP contribution in [-0.4, -0.2) is 17.9 Å². The number of carbonyl (C=O) groups is 1. The molecule has 0 fully saturated rings. The molecule has 0 saturated heterocycles. The van der Waals surface area contributed by atoms with Crippen molar-refractivity contribution in [2.24, 2.45) is 0 Å². The Morgan fingerprint density at radius 3 is 2.83 bits per heavy atom. The number of amides is 1.